The zero-order valence-corrected chi connectivity index (χ0v) is 11.0. The third-order valence-corrected chi connectivity index (χ3v) is 2.88. The van der Waals surface area contributed by atoms with E-state index in [2.05, 4.69) is 59.8 Å². The van der Waals surface area contributed by atoms with Crippen molar-refractivity contribution in [2.45, 2.75) is 6.10 Å². The molecule has 1 unspecified atom stereocenters. The van der Waals surface area contributed by atoms with Crippen LogP contribution in [0.3, 0.4) is 0 Å². The summed E-state index contributed by atoms with van der Waals surface area (Å²) in [7, 11) is 0. The first-order valence-electron chi connectivity index (χ1n) is 6.32. The quantitative estimate of drug-likeness (QED) is 0.685. The highest BCUT2D eigenvalue weighted by atomic mass is 16.6. The summed E-state index contributed by atoms with van der Waals surface area (Å²) in [6.07, 6.45) is -0.201. The smallest absolute Gasteiger partial charge is 0.333 e. The fraction of sp³-hybridized carbons (Fsp3) is 0.118. The Balaban J connectivity index is 0.000000160. The third-order valence-electron chi connectivity index (χ3n) is 2.88. The first-order valence-corrected chi connectivity index (χ1v) is 6.32. The Labute approximate surface area is 118 Å². The third kappa shape index (κ3) is 4.07. The number of hydrogen-bond acceptors (Lipinski definition) is 2. The molecule has 2 aromatic rings. The lowest BCUT2D eigenvalue weighted by atomic mass is 10.1. The van der Waals surface area contributed by atoms with Gasteiger partial charge in [0.15, 0.2) is 0 Å². The summed E-state index contributed by atoms with van der Waals surface area (Å²) < 4.78 is 4.65. The maximum absolute atomic E-state index is 10.0. The lowest BCUT2D eigenvalue weighted by Gasteiger charge is -1.98. The fourth-order valence-electron chi connectivity index (χ4n) is 1.65. The predicted octanol–water partition coefficient (Wildman–Crippen LogP) is 3.38. The number of carboxylic acids is 1. The first-order chi connectivity index (χ1) is 9.68. The summed E-state index contributed by atoms with van der Waals surface area (Å²) in [6, 6.07) is 20.8. The number of rotatable bonds is 3. The monoisotopic (exact) mass is 268 g/mol. The zero-order chi connectivity index (χ0) is 14.4. The zero-order valence-electron chi connectivity index (χ0n) is 11.0. The number of carboxylic acid groups (broad SMARTS) is 1. The van der Waals surface area contributed by atoms with Gasteiger partial charge in [0.05, 0.1) is 12.2 Å². The van der Waals surface area contributed by atoms with Gasteiger partial charge >= 0.3 is 5.97 Å². The van der Waals surface area contributed by atoms with Gasteiger partial charge in [-0.15, -0.1) is 0 Å². The van der Waals surface area contributed by atoms with E-state index >= 15 is 0 Å². The summed E-state index contributed by atoms with van der Waals surface area (Å²) in [5.74, 6) is -0.965. The van der Waals surface area contributed by atoms with E-state index in [0.717, 1.165) is 0 Å². The number of benzene rings is 2. The molecule has 0 amide bonds. The van der Waals surface area contributed by atoms with Crippen LogP contribution in [0.4, 0.5) is 0 Å². The molecule has 1 aliphatic rings. The lowest BCUT2D eigenvalue weighted by Crippen LogP contribution is -2.04. The van der Waals surface area contributed by atoms with Crippen molar-refractivity contribution in [1.82, 2.24) is 0 Å². The van der Waals surface area contributed by atoms with Crippen molar-refractivity contribution < 1.29 is 14.6 Å². The van der Waals surface area contributed by atoms with Crippen molar-refractivity contribution in [3.05, 3.63) is 72.8 Å². The second-order valence-electron chi connectivity index (χ2n) is 4.38. The number of carbonyl (C=O) groups is 1. The van der Waals surface area contributed by atoms with Crippen molar-refractivity contribution in [1.29, 1.82) is 0 Å². The topological polar surface area (TPSA) is 49.8 Å². The summed E-state index contributed by atoms with van der Waals surface area (Å²) in [6.45, 7) is 3.81. The van der Waals surface area contributed by atoms with Gasteiger partial charge in [-0.1, -0.05) is 67.2 Å². The molecule has 3 rings (SSSR count). The van der Waals surface area contributed by atoms with E-state index in [1.165, 1.54) is 11.1 Å². The molecule has 0 aromatic heterocycles. The molecule has 1 fully saturated rings. The molecular weight excluding hydrogens is 252 g/mol. The minimum atomic E-state index is -0.965. The molecule has 1 aliphatic heterocycles. The van der Waals surface area contributed by atoms with E-state index in [-0.39, 0.29) is 11.7 Å². The van der Waals surface area contributed by atoms with E-state index in [0.29, 0.717) is 6.61 Å². The molecule has 1 saturated heterocycles. The molecule has 0 spiro atoms. The van der Waals surface area contributed by atoms with Crippen molar-refractivity contribution in [2.75, 3.05) is 6.61 Å². The Hall–Kier alpha value is -2.39. The highest BCUT2D eigenvalue weighted by Crippen LogP contribution is 2.17. The van der Waals surface area contributed by atoms with E-state index in [4.69, 9.17) is 5.11 Å². The van der Waals surface area contributed by atoms with Crippen LogP contribution in [0.1, 0.15) is 0 Å². The Morgan fingerprint density at radius 3 is 1.65 bits per heavy atom. The standard InChI is InChI=1S/C12H10.C5H6O3/c1-3-7-11(8-4-1)12-9-5-2-6-10-12;1-3(5(6)7)4-2-8-4/h1-10H;4H,1-2H2,(H,6,7). The Morgan fingerprint density at radius 2 is 1.40 bits per heavy atom. The lowest BCUT2D eigenvalue weighted by molar-refractivity contribution is -0.132. The van der Waals surface area contributed by atoms with Crippen molar-refractivity contribution in [3.8, 4) is 11.1 Å². The van der Waals surface area contributed by atoms with E-state index in [9.17, 15) is 4.79 Å². The predicted molar refractivity (Wildman–Crippen MR) is 78.4 cm³/mol. The second kappa shape index (κ2) is 6.68. The van der Waals surface area contributed by atoms with Gasteiger partial charge in [-0.25, -0.2) is 4.79 Å². The van der Waals surface area contributed by atoms with Crippen LogP contribution in [0.2, 0.25) is 0 Å². The minimum Gasteiger partial charge on any atom is -0.478 e. The van der Waals surface area contributed by atoms with E-state index in [1.54, 1.807) is 0 Å². The Bertz CT molecular complexity index is 534. The van der Waals surface area contributed by atoms with Crippen LogP contribution < -0.4 is 0 Å². The van der Waals surface area contributed by atoms with Crippen molar-refractivity contribution in [3.63, 3.8) is 0 Å². The van der Waals surface area contributed by atoms with Crippen LogP contribution >= 0.6 is 0 Å². The number of hydrogen-bond donors (Lipinski definition) is 1. The molecule has 3 nitrogen and oxygen atoms in total. The maximum Gasteiger partial charge on any atom is 0.333 e. The van der Waals surface area contributed by atoms with Gasteiger partial charge in [0, 0.05) is 0 Å². The summed E-state index contributed by atoms with van der Waals surface area (Å²) >= 11 is 0. The Morgan fingerprint density at radius 1 is 1.00 bits per heavy atom. The molecule has 1 atom stereocenters. The van der Waals surface area contributed by atoms with Crippen LogP contribution in [0.25, 0.3) is 11.1 Å². The van der Waals surface area contributed by atoms with Gasteiger partial charge in [0.25, 0.3) is 0 Å². The number of ether oxygens (including phenoxy) is 1. The molecule has 0 aliphatic carbocycles. The van der Waals surface area contributed by atoms with Gasteiger partial charge in [-0.05, 0) is 11.1 Å². The molecule has 1 heterocycles. The van der Waals surface area contributed by atoms with Crippen LogP contribution in [0.5, 0.6) is 0 Å². The highest BCUT2D eigenvalue weighted by molar-refractivity contribution is 5.87. The summed E-state index contributed by atoms with van der Waals surface area (Å²) in [5.41, 5.74) is 2.71. The van der Waals surface area contributed by atoms with Gasteiger partial charge in [0.1, 0.15) is 6.10 Å². The van der Waals surface area contributed by atoms with Crippen LogP contribution in [-0.4, -0.2) is 23.8 Å². The van der Waals surface area contributed by atoms with Crippen molar-refractivity contribution in [2.24, 2.45) is 0 Å². The number of epoxide rings is 1. The van der Waals surface area contributed by atoms with Gasteiger partial charge < -0.3 is 9.84 Å². The number of aliphatic carboxylic acids is 1. The van der Waals surface area contributed by atoms with Crippen LogP contribution in [-0.2, 0) is 9.53 Å². The SMILES string of the molecule is C=C(C(=O)O)C1CO1.c1ccc(-c2ccccc2)cc1. The molecule has 102 valence electrons. The molecule has 20 heavy (non-hydrogen) atoms. The van der Waals surface area contributed by atoms with Gasteiger partial charge in [0.2, 0.25) is 0 Å². The van der Waals surface area contributed by atoms with Crippen LogP contribution in [0, 0.1) is 0 Å². The molecule has 0 saturated carbocycles. The molecule has 0 radical (unpaired) electrons. The molecule has 0 bridgehead atoms. The summed E-state index contributed by atoms with van der Waals surface area (Å²) in [4.78, 5) is 10.0. The van der Waals surface area contributed by atoms with Gasteiger partial charge in [-0.2, -0.15) is 0 Å². The summed E-state index contributed by atoms with van der Waals surface area (Å²) in [5, 5.41) is 8.21. The largest absolute Gasteiger partial charge is 0.478 e. The molecule has 1 N–H and O–H groups in total. The maximum atomic E-state index is 10.0. The highest BCUT2D eigenvalue weighted by Gasteiger charge is 2.29. The average Bonchev–Trinajstić information content (AvgIpc) is 3.33. The average molecular weight is 268 g/mol. The van der Waals surface area contributed by atoms with Crippen molar-refractivity contribution >= 4 is 5.97 Å². The fourth-order valence-corrected chi connectivity index (χ4v) is 1.65. The van der Waals surface area contributed by atoms with E-state index in [1.807, 2.05) is 12.1 Å². The Kier molecular flexibility index (Phi) is 4.69. The minimum absolute atomic E-state index is 0.157. The van der Waals surface area contributed by atoms with Crippen LogP contribution in [0.15, 0.2) is 72.8 Å². The van der Waals surface area contributed by atoms with E-state index < -0.39 is 5.97 Å². The normalized spacial score (nSPS) is 15.7. The van der Waals surface area contributed by atoms with Gasteiger partial charge in [-0.3, -0.25) is 0 Å². The molecular formula is C17H16O3. The second-order valence-corrected chi connectivity index (χ2v) is 4.38. The molecule has 2 aromatic carbocycles. The first kappa shape index (κ1) is 14.0. The molecule has 3 heteroatoms.